The third-order valence-electron chi connectivity index (χ3n) is 5.49. The summed E-state index contributed by atoms with van der Waals surface area (Å²) < 4.78 is 18.5. The van der Waals surface area contributed by atoms with Crippen molar-refractivity contribution >= 4 is 18.3 Å². The molecule has 2 aromatic carbocycles. The quantitative estimate of drug-likeness (QED) is 0.729. The number of rotatable bonds is 7. The highest BCUT2D eigenvalue weighted by Crippen LogP contribution is 2.32. The normalized spacial score (nSPS) is 19.5. The van der Waals surface area contributed by atoms with E-state index in [4.69, 9.17) is 10.5 Å². The highest BCUT2D eigenvalue weighted by Gasteiger charge is 2.33. The standard InChI is InChI=1S/C22H27FN2O2.ClH/c1-27-19-11-7-16(8-12-19)21(13-15-5-9-18(23)10-6-15)25-22(26)20-4-2-3-17(20)14-24;/h5-12,17,20-21H,2-4,13-14,24H2,1H3,(H,25,26);1H/t17-,20-,21?;/m1./s1. The Kier molecular flexibility index (Phi) is 8.27. The maximum atomic E-state index is 13.2. The van der Waals surface area contributed by atoms with E-state index in [1.165, 1.54) is 12.1 Å². The second-order valence-electron chi connectivity index (χ2n) is 7.20. The van der Waals surface area contributed by atoms with Crippen molar-refractivity contribution < 1.29 is 13.9 Å². The third-order valence-corrected chi connectivity index (χ3v) is 5.49. The first-order valence-corrected chi connectivity index (χ1v) is 9.49. The van der Waals surface area contributed by atoms with E-state index in [1.807, 2.05) is 24.3 Å². The fourth-order valence-electron chi connectivity index (χ4n) is 3.89. The number of nitrogens with two attached hydrogens (primary N) is 1. The van der Waals surface area contributed by atoms with E-state index >= 15 is 0 Å². The van der Waals surface area contributed by atoms with Crippen LogP contribution in [-0.4, -0.2) is 19.6 Å². The van der Waals surface area contributed by atoms with E-state index in [0.717, 1.165) is 36.1 Å². The minimum absolute atomic E-state index is 0. The van der Waals surface area contributed by atoms with Crippen LogP contribution in [0.4, 0.5) is 4.39 Å². The van der Waals surface area contributed by atoms with Crippen molar-refractivity contribution in [3.8, 4) is 5.75 Å². The molecule has 3 rings (SSSR count). The number of carbonyl (C=O) groups is 1. The summed E-state index contributed by atoms with van der Waals surface area (Å²) in [4.78, 5) is 12.9. The summed E-state index contributed by atoms with van der Waals surface area (Å²) in [5, 5.41) is 3.21. The van der Waals surface area contributed by atoms with Gasteiger partial charge in [-0.1, -0.05) is 30.7 Å². The van der Waals surface area contributed by atoms with Crippen LogP contribution in [0.3, 0.4) is 0 Å². The average molecular weight is 407 g/mol. The van der Waals surface area contributed by atoms with Crippen LogP contribution >= 0.6 is 12.4 Å². The zero-order valence-corrected chi connectivity index (χ0v) is 16.9. The van der Waals surface area contributed by atoms with Crippen molar-refractivity contribution in [2.24, 2.45) is 17.6 Å². The van der Waals surface area contributed by atoms with Crippen molar-refractivity contribution in [1.82, 2.24) is 5.32 Å². The number of ether oxygens (including phenoxy) is 1. The number of amides is 1. The highest BCUT2D eigenvalue weighted by atomic mass is 35.5. The Morgan fingerprint density at radius 1 is 1.18 bits per heavy atom. The molecule has 6 heteroatoms. The Morgan fingerprint density at radius 2 is 1.86 bits per heavy atom. The van der Waals surface area contributed by atoms with Gasteiger partial charge in [0.1, 0.15) is 11.6 Å². The van der Waals surface area contributed by atoms with Gasteiger partial charge in [0.2, 0.25) is 5.91 Å². The van der Waals surface area contributed by atoms with E-state index < -0.39 is 0 Å². The van der Waals surface area contributed by atoms with Crippen LogP contribution in [0.15, 0.2) is 48.5 Å². The molecule has 0 radical (unpaired) electrons. The smallest absolute Gasteiger partial charge is 0.223 e. The SMILES string of the molecule is COc1ccc(C(Cc2ccc(F)cc2)NC(=O)[C@@H]2CCC[C@@H]2CN)cc1.Cl. The summed E-state index contributed by atoms with van der Waals surface area (Å²) in [7, 11) is 1.62. The predicted octanol–water partition coefficient (Wildman–Crippen LogP) is 4.03. The molecule has 2 aromatic rings. The number of methoxy groups -OCH3 is 1. The molecule has 152 valence electrons. The lowest BCUT2D eigenvalue weighted by atomic mass is 9.93. The van der Waals surface area contributed by atoms with Crippen LogP contribution in [-0.2, 0) is 11.2 Å². The Labute approximate surface area is 172 Å². The summed E-state index contributed by atoms with van der Waals surface area (Å²) in [6, 6.07) is 13.9. The van der Waals surface area contributed by atoms with Gasteiger partial charge >= 0.3 is 0 Å². The molecule has 0 bridgehead atoms. The second-order valence-corrected chi connectivity index (χ2v) is 7.20. The van der Waals surface area contributed by atoms with E-state index in [2.05, 4.69) is 5.32 Å². The van der Waals surface area contributed by atoms with E-state index in [-0.39, 0.29) is 42.0 Å². The molecule has 1 fully saturated rings. The molecule has 0 saturated heterocycles. The molecule has 1 saturated carbocycles. The summed E-state index contributed by atoms with van der Waals surface area (Å²) in [6.07, 6.45) is 3.54. The average Bonchev–Trinajstić information content (AvgIpc) is 3.18. The van der Waals surface area contributed by atoms with E-state index in [0.29, 0.717) is 13.0 Å². The maximum absolute atomic E-state index is 13.2. The molecule has 1 aliphatic rings. The van der Waals surface area contributed by atoms with Gasteiger partial charge in [-0.15, -0.1) is 12.4 Å². The van der Waals surface area contributed by atoms with Crippen LogP contribution in [0.25, 0.3) is 0 Å². The summed E-state index contributed by atoms with van der Waals surface area (Å²) in [6.45, 7) is 0.545. The first-order valence-electron chi connectivity index (χ1n) is 9.49. The number of carbonyl (C=O) groups excluding carboxylic acids is 1. The second kappa shape index (κ2) is 10.4. The van der Waals surface area contributed by atoms with Crippen molar-refractivity contribution in [2.45, 2.75) is 31.7 Å². The summed E-state index contributed by atoms with van der Waals surface area (Å²) in [5.41, 5.74) is 7.81. The molecule has 3 atom stereocenters. The van der Waals surface area contributed by atoms with Gasteiger partial charge in [-0.25, -0.2) is 4.39 Å². The van der Waals surface area contributed by atoms with Gasteiger partial charge in [-0.3, -0.25) is 4.79 Å². The van der Waals surface area contributed by atoms with Crippen molar-refractivity contribution in [1.29, 1.82) is 0 Å². The first kappa shape index (κ1) is 22.2. The molecule has 28 heavy (non-hydrogen) atoms. The van der Waals surface area contributed by atoms with E-state index in [1.54, 1.807) is 19.2 Å². The number of halogens is 2. The van der Waals surface area contributed by atoms with Gasteiger partial charge in [-0.2, -0.15) is 0 Å². The summed E-state index contributed by atoms with van der Waals surface area (Å²) >= 11 is 0. The zero-order valence-electron chi connectivity index (χ0n) is 16.1. The number of hydrogen-bond donors (Lipinski definition) is 2. The lowest BCUT2D eigenvalue weighted by Crippen LogP contribution is -2.38. The van der Waals surface area contributed by atoms with Crippen molar-refractivity contribution in [2.75, 3.05) is 13.7 Å². The molecular weight excluding hydrogens is 379 g/mol. The van der Waals surface area contributed by atoms with Crippen LogP contribution in [0.5, 0.6) is 5.75 Å². The zero-order chi connectivity index (χ0) is 19.2. The lowest BCUT2D eigenvalue weighted by molar-refractivity contribution is -0.126. The molecule has 0 aromatic heterocycles. The number of benzene rings is 2. The van der Waals surface area contributed by atoms with Crippen molar-refractivity contribution in [3.63, 3.8) is 0 Å². The Morgan fingerprint density at radius 3 is 2.46 bits per heavy atom. The maximum Gasteiger partial charge on any atom is 0.223 e. The van der Waals surface area contributed by atoms with Gasteiger partial charge in [-0.05, 0) is 67.1 Å². The van der Waals surface area contributed by atoms with Gasteiger partial charge in [0.05, 0.1) is 13.2 Å². The van der Waals surface area contributed by atoms with Gasteiger partial charge in [0.25, 0.3) is 0 Å². The minimum atomic E-state index is -0.263. The fourth-order valence-corrected chi connectivity index (χ4v) is 3.89. The molecule has 0 spiro atoms. The van der Waals surface area contributed by atoms with Crippen molar-refractivity contribution in [3.05, 3.63) is 65.5 Å². The molecule has 1 aliphatic carbocycles. The fraction of sp³-hybridized carbons (Fsp3) is 0.409. The predicted molar refractivity (Wildman–Crippen MR) is 111 cm³/mol. The highest BCUT2D eigenvalue weighted by molar-refractivity contribution is 5.85. The van der Waals surface area contributed by atoms with Crippen LogP contribution < -0.4 is 15.8 Å². The van der Waals surface area contributed by atoms with Gasteiger partial charge < -0.3 is 15.8 Å². The molecule has 3 N–H and O–H groups in total. The number of nitrogens with one attached hydrogen (secondary N) is 1. The lowest BCUT2D eigenvalue weighted by Gasteiger charge is -2.24. The topological polar surface area (TPSA) is 64.3 Å². The Hall–Kier alpha value is -2.11. The van der Waals surface area contributed by atoms with Gasteiger partial charge in [0.15, 0.2) is 0 Å². The van der Waals surface area contributed by atoms with Gasteiger partial charge in [0, 0.05) is 5.92 Å². The molecule has 1 amide bonds. The van der Waals surface area contributed by atoms with Crippen LogP contribution in [0, 0.1) is 17.7 Å². The van der Waals surface area contributed by atoms with Crippen LogP contribution in [0.1, 0.15) is 36.4 Å². The first-order chi connectivity index (χ1) is 13.1. The summed E-state index contributed by atoms with van der Waals surface area (Å²) in [5.74, 6) is 0.798. The molecule has 0 heterocycles. The third kappa shape index (κ3) is 5.46. The van der Waals surface area contributed by atoms with E-state index in [9.17, 15) is 9.18 Å². The Bertz CT molecular complexity index is 752. The molecular formula is C22H28ClFN2O2. The molecule has 1 unspecified atom stereocenters. The largest absolute Gasteiger partial charge is 0.497 e. The molecule has 0 aliphatic heterocycles. The monoisotopic (exact) mass is 406 g/mol. The molecule has 4 nitrogen and oxygen atoms in total. The van der Waals surface area contributed by atoms with Crippen LogP contribution in [0.2, 0.25) is 0 Å². The minimum Gasteiger partial charge on any atom is -0.497 e. The Balaban J connectivity index is 0.00000280. The number of hydrogen-bond acceptors (Lipinski definition) is 3.